The van der Waals surface area contributed by atoms with Gasteiger partial charge in [0.2, 0.25) is 0 Å². The lowest BCUT2D eigenvalue weighted by atomic mass is 10.1. The number of rotatable bonds is 5. The van der Waals surface area contributed by atoms with Gasteiger partial charge in [-0.15, -0.1) is 0 Å². The van der Waals surface area contributed by atoms with E-state index in [0.29, 0.717) is 17.9 Å². The molecular weight excluding hydrogens is 218 g/mol. The average molecular weight is 235 g/mol. The van der Waals surface area contributed by atoms with Crippen molar-refractivity contribution in [3.8, 4) is 6.07 Å². The normalized spacial score (nSPS) is 12.1. The van der Waals surface area contributed by atoms with Crippen molar-refractivity contribution in [2.24, 2.45) is 0 Å². The summed E-state index contributed by atoms with van der Waals surface area (Å²) in [6, 6.07) is 8.34. The summed E-state index contributed by atoms with van der Waals surface area (Å²) >= 11 is 0. The molecule has 0 aromatic heterocycles. The van der Waals surface area contributed by atoms with E-state index in [2.05, 4.69) is 38.1 Å². The third-order valence-electron chi connectivity index (χ3n) is 2.27. The second kappa shape index (κ2) is 6.44. The van der Waals surface area contributed by atoms with Crippen molar-refractivity contribution < 1.29 is 4.21 Å². The van der Waals surface area contributed by atoms with Gasteiger partial charge in [-0.05, 0) is 25.8 Å². The van der Waals surface area contributed by atoms with Crippen LogP contribution in [0.15, 0.2) is 18.2 Å². The van der Waals surface area contributed by atoms with Gasteiger partial charge in [-0.25, -0.2) is 0 Å². The smallest absolute Gasteiger partial charge is 0.0622 e. The van der Waals surface area contributed by atoms with Gasteiger partial charge in [0.15, 0.2) is 0 Å². The highest BCUT2D eigenvalue weighted by molar-refractivity contribution is 7.84. The third-order valence-corrected chi connectivity index (χ3v) is 3.67. The molecule has 0 fully saturated rings. The van der Waals surface area contributed by atoms with Gasteiger partial charge in [0.05, 0.1) is 6.07 Å². The van der Waals surface area contributed by atoms with E-state index in [0.717, 1.165) is 12.0 Å². The van der Waals surface area contributed by atoms with Gasteiger partial charge in [0, 0.05) is 28.7 Å². The van der Waals surface area contributed by atoms with E-state index in [1.54, 1.807) is 0 Å². The summed E-state index contributed by atoms with van der Waals surface area (Å²) < 4.78 is 11.7. The molecule has 1 atom stereocenters. The monoisotopic (exact) mass is 235 g/mol. The van der Waals surface area contributed by atoms with Crippen LogP contribution in [-0.2, 0) is 16.6 Å². The van der Waals surface area contributed by atoms with Crippen LogP contribution < -0.4 is 0 Å². The Bertz CT molecular complexity index is 400. The number of hydrogen-bond acceptors (Lipinski definition) is 2. The van der Waals surface area contributed by atoms with Gasteiger partial charge in [-0.3, -0.25) is 4.21 Å². The zero-order valence-corrected chi connectivity index (χ0v) is 10.6. The molecule has 0 saturated heterocycles. The van der Waals surface area contributed by atoms with Gasteiger partial charge in [-0.2, -0.15) is 5.26 Å². The number of hydrogen-bond donors (Lipinski definition) is 0. The Balaban J connectivity index is 2.53. The Hall–Kier alpha value is -1.14. The van der Waals surface area contributed by atoms with Crippen molar-refractivity contribution in [1.82, 2.24) is 0 Å². The van der Waals surface area contributed by atoms with E-state index in [-0.39, 0.29) is 0 Å². The van der Waals surface area contributed by atoms with Crippen LogP contribution >= 0.6 is 0 Å². The maximum atomic E-state index is 11.7. The second-order valence-electron chi connectivity index (χ2n) is 4.05. The Morgan fingerprint density at radius 2 is 1.88 bits per heavy atom. The highest BCUT2D eigenvalue weighted by atomic mass is 32.2. The lowest BCUT2D eigenvalue weighted by Gasteiger charge is -2.04. The summed E-state index contributed by atoms with van der Waals surface area (Å²) in [4.78, 5) is 0. The molecular formula is C13H17NOS. The number of nitriles is 1. The summed E-state index contributed by atoms with van der Waals surface area (Å²) in [6.45, 7) is 4.10. The summed E-state index contributed by atoms with van der Waals surface area (Å²) in [7, 11) is -0.840. The van der Waals surface area contributed by atoms with Crippen molar-refractivity contribution in [3.05, 3.63) is 34.9 Å². The molecule has 0 aliphatic rings. The van der Waals surface area contributed by atoms with E-state index < -0.39 is 10.8 Å². The highest BCUT2D eigenvalue weighted by Gasteiger charge is 2.03. The van der Waals surface area contributed by atoms with Crippen molar-refractivity contribution in [1.29, 1.82) is 5.26 Å². The molecule has 0 spiro atoms. The first-order valence-corrected chi connectivity index (χ1v) is 6.89. The lowest BCUT2D eigenvalue weighted by molar-refractivity contribution is 0.680. The van der Waals surface area contributed by atoms with Crippen LogP contribution in [0.1, 0.15) is 29.5 Å². The number of benzene rings is 1. The van der Waals surface area contributed by atoms with E-state index in [9.17, 15) is 4.21 Å². The first-order valence-electron chi connectivity index (χ1n) is 5.41. The number of unbranched alkanes of at least 4 members (excludes halogenated alkanes) is 1. The van der Waals surface area contributed by atoms with Gasteiger partial charge in [0.25, 0.3) is 0 Å². The van der Waals surface area contributed by atoms with Crippen LogP contribution in [0, 0.1) is 25.2 Å². The lowest BCUT2D eigenvalue weighted by Crippen LogP contribution is -2.01. The van der Waals surface area contributed by atoms with Crippen molar-refractivity contribution >= 4 is 10.8 Å². The number of aryl methyl sites for hydroxylation is 2. The second-order valence-corrected chi connectivity index (χ2v) is 5.62. The predicted molar refractivity (Wildman–Crippen MR) is 67.5 cm³/mol. The molecule has 0 amide bonds. The molecule has 1 unspecified atom stereocenters. The molecule has 1 aromatic rings. The summed E-state index contributed by atoms with van der Waals surface area (Å²) in [5, 5.41) is 8.39. The van der Waals surface area contributed by atoms with Crippen LogP contribution in [0.2, 0.25) is 0 Å². The standard InChI is InChI=1S/C13H17NOS/c1-11-7-12(2)9-13(8-11)10-16(15)6-4-3-5-14/h7-9H,3-4,6,10H2,1-2H3. The van der Waals surface area contributed by atoms with Crippen LogP contribution in [0.4, 0.5) is 0 Å². The molecule has 3 heteroatoms. The average Bonchev–Trinajstić information content (AvgIpc) is 2.16. The minimum atomic E-state index is -0.840. The fourth-order valence-corrected chi connectivity index (χ4v) is 2.87. The number of nitrogens with zero attached hydrogens (tertiary/aromatic N) is 1. The van der Waals surface area contributed by atoms with Gasteiger partial charge in [0.1, 0.15) is 0 Å². The molecule has 1 aromatic carbocycles. The molecule has 0 radical (unpaired) electrons. The first kappa shape index (κ1) is 12.9. The fourth-order valence-electron chi connectivity index (χ4n) is 1.72. The van der Waals surface area contributed by atoms with Crippen LogP contribution in [0.3, 0.4) is 0 Å². The SMILES string of the molecule is Cc1cc(C)cc(CS(=O)CCCC#N)c1. The minimum absolute atomic E-state index is 0.499. The molecule has 0 saturated carbocycles. The molecule has 16 heavy (non-hydrogen) atoms. The molecule has 0 aliphatic heterocycles. The molecule has 0 bridgehead atoms. The highest BCUT2D eigenvalue weighted by Crippen LogP contribution is 2.11. The minimum Gasteiger partial charge on any atom is -0.259 e. The van der Waals surface area contributed by atoms with E-state index in [1.807, 2.05) is 0 Å². The molecule has 2 nitrogen and oxygen atoms in total. The fraction of sp³-hybridized carbons (Fsp3) is 0.462. The first-order chi connectivity index (χ1) is 7.61. The van der Waals surface area contributed by atoms with Gasteiger partial charge in [-0.1, -0.05) is 29.3 Å². The van der Waals surface area contributed by atoms with Crippen LogP contribution in [0.25, 0.3) is 0 Å². The molecule has 0 aliphatic carbocycles. The van der Waals surface area contributed by atoms with Crippen molar-refractivity contribution in [2.45, 2.75) is 32.4 Å². The molecule has 1 rings (SSSR count). The van der Waals surface area contributed by atoms with E-state index in [4.69, 9.17) is 5.26 Å². The maximum absolute atomic E-state index is 11.7. The topological polar surface area (TPSA) is 40.9 Å². The van der Waals surface area contributed by atoms with Crippen LogP contribution in [-0.4, -0.2) is 9.96 Å². The van der Waals surface area contributed by atoms with Crippen LogP contribution in [0.5, 0.6) is 0 Å². The zero-order valence-electron chi connectivity index (χ0n) is 9.82. The van der Waals surface area contributed by atoms with Gasteiger partial charge < -0.3 is 0 Å². The van der Waals surface area contributed by atoms with Crippen molar-refractivity contribution in [3.63, 3.8) is 0 Å². The summed E-state index contributed by atoms with van der Waals surface area (Å²) in [5.41, 5.74) is 3.56. The quantitative estimate of drug-likeness (QED) is 0.736. The summed E-state index contributed by atoms with van der Waals surface area (Å²) in [6.07, 6.45) is 1.23. The van der Waals surface area contributed by atoms with E-state index in [1.165, 1.54) is 11.1 Å². The Morgan fingerprint density at radius 1 is 1.25 bits per heavy atom. The molecule has 86 valence electrons. The zero-order chi connectivity index (χ0) is 12.0. The Labute approximate surface area is 99.8 Å². The maximum Gasteiger partial charge on any atom is 0.0622 e. The Morgan fingerprint density at radius 3 is 2.44 bits per heavy atom. The Kier molecular flexibility index (Phi) is 5.21. The predicted octanol–water partition coefficient (Wildman–Crippen LogP) is 2.86. The van der Waals surface area contributed by atoms with Gasteiger partial charge >= 0.3 is 0 Å². The summed E-state index contributed by atoms with van der Waals surface area (Å²) in [5.74, 6) is 1.23. The largest absolute Gasteiger partial charge is 0.259 e. The molecule has 0 heterocycles. The third kappa shape index (κ3) is 4.59. The molecule has 0 N–H and O–H groups in total. The van der Waals surface area contributed by atoms with Crippen molar-refractivity contribution in [2.75, 3.05) is 5.75 Å². The van der Waals surface area contributed by atoms with E-state index >= 15 is 0 Å².